The minimum Gasteiger partial charge on any atom is -0.465 e. The molecule has 0 aliphatic rings. The van der Waals surface area contributed by atoms with Gasteiger partial charge in [-0.1, -0.05) is 15.9 Å². The first kappa shape index (κ1) is 15.7. The number of esters is 1. The van der Waals surface area contributed by atoms with Crippen molar-refractivity contribution < 1.29 is 14.3 Å². The fourth-order valence-corrected chi connectivity index (χ4v) is 3.15. The van der Waals surface area contributed by atoms with Crippen molar-refractivity contribution in [2.75, 3.05) is 12.4 Å². The van der Waals surface area contributed by atoms with Crippen LogP contribution in [0.4, 0.5) is 5.00 Å². The number of hydrogen-bond acceptors (Lipinski definition) is 4. The SMILES string of the molecule is COC(=O)c1c(NC(=O)c2ccc(Br)cc2)sc(C)c1C. The predicted octanol–water partition coefficient (Wildman–Crippen LogP) is 4.17. The maximum absolute atomic E-state index is 12.2. The summed E-state index contributed by atoms with van der Waals surface area (Å²) in [6, 6.07) is 7.01. The molecule has 6 heteroatoms. The summed E-state index contributed by atoms with van der Waals surface area (Å²) >= 11 is 4.69. The van der Waals surface area contributed by atoms with Crippen molar-refractivity contribution in [2.24, 2.45) is 0 Å². The van der Waals surface area contributed by atoms with Gasteiger partial charge in [0.2, 0.25) is 0 Å². The number of anilines is 1. The fraction of sp³-hybridized carbons (Fsp3) is 0.200. The zero-order chi connectivity index (χ0) is 15.6. The van der Waals surface area contributed by atoms with E-state index in [0.717, 1.165) is 14.9 Å². The van der Waals surface area contributed by atoms with E-state index in [4.69, 9.17) is 4.74 Å². The second kappa shape index (κ2) is 6.41. The van der Waals surface area contributed by atoms with Gasteiger partial charge in [-0.2, -0.15) is 0 Å². The summed E-state index contributed by atoms with van der Waals surface area (Å²) in [6.07, 6.45) is 0. The van der Waals surface area contributed by atoms with Gasteiger partial charge in [0, 0.05) is 14.9 Å². The van der Waals surface area contributed by atoms with E-state index in [1.165, 1.54) is 18.4 Å². The molecule has 0 saturated heterocycles. The molecular formula is C15H14BrNO3S. The molecule has 0 saturated carbocycles. The number of ether oxygens (including phenoxy) is 1. The van der Waals surface area contributed by atoms with E-state index in [2.05, 4.69) is 21.2 Å². The van der Waals surface area contributed by atoms with Gasteiger partial charge in [0.05, 0.1) is 12.7 Å². The van der Waals surface area contributed by atoms with Crippen molar-refractivity contribution in [3.63, 3.8) is 0 Å². The summed E-state index contributed by atoms with van der Waals surface area (Å²) in [7, 11) is 1.33. The lowest BCUT2D eigenvalue weighted by molar-refractivity contribution is 0.0601. The number of thiophene rings is 1. The maximum Gasteiger partial charge on any atom is 0.341 e. The third-order valence-electron chi connectivity index (χ3n) is 3.11. The second-order valence-electron chi connectivity index (χ2n) is 4.44. The number of amides is 1. The standard InChI is InChI=1S/C15H14BrNO3S/c1-8-9(2)21-14(12(8)15(19)20-3)17-13(18)10-4-6-11(16)7-5-10/h4-7H,1-3H3,(H,17,18). The highest BCUT2D eigenvalue weighted by molar-refractivity contribution is 9.10. The number of rotatable bonds is 3. The van der Waals surface area contributed by atoms with Crippen LogP contribution in [0.1, 0.15) is 31.2 Å². The Labute approximate surface area is 135 Å². The second-order valence-corrected chi connectivity index (χ2v) is 6.58. The lowest BCUT2D eigenvalue weighted by atomic mass is 10.1. The molecule has 110 valence electrons. The van der Waals surface area contributed by atoms with Gasteiger partial charge >= 0.3 is 5.97 Å². The lowest BCUT2D eigenvalue weighted by Gasteiger charge is -2.06. The summed E-state index contributed by atoms with van der Waals surface area (Å²) in [6.45, 7) is 3.75. The molecule has 1 amide bonds. The number of carbonyl (C=O) groups excluding carboxylic acids is 2. The number of carbonyl (C=O) groups is 2. The quantitative estimate of drug-likeness (QED) is 0.828. The molecule has 2 rings (SSSR count). The number of benzene rings is 1. The van der Waals surface area contributed by atoms with E-state index in [1.807, 2.05) is 13.8 Å². The van der Waals surface area contributed by atoms with E-state index in [1.54, 1.807) is 24.3 Å². The molecule has 2 aromatic rings. The number of halogens is 1. The van der Waals surface area contributed by atoms with Crippen LogP contribution in [0.2, 0.25) is 0 Å². The molecule has 21 heavy (non-hydrogen) atoms. The van der Waals surface area contributed by atoms with Gasteiger partial charge in [0.25, 0.3) is 5.91 Å². The van der Waals surface area contributed by atoms with Crippen molar-refractivity contribution in [1.29, 1.82) is 0 Å². The summed E-state index contributed by atoms with van der Waals surface area (Å²) in [5, 5.41) is 3.30. The van der Waals surface area contributed by atoms with Gasteiger partial charge < -0.3 is 10.1 Å². The van der Waals surface area contributed by atoms with Crippen LogP contribution < -0.4 is 5.32 Å². The number of methoxy groups -OCH3 is 1. The Morgan fingerprint density at radius 1 is 1.19 bits per heavy atom. The Morgan fingerprint density at radius 3 is 2.38 bits per heavy atom. The molecule has 0 aliphatic heterocycles. The third kappa shape index (κ3) is 3.33. The van der Waals surface area contributed by atoms with Crippen LogP contribution in [-0.4, -0.2) is 19.0 Å². The topological polar surface area (TPSA) is 55.4 Å². The monoisotopic (exact) mass is 367 g/mol. The zero-order valence-corrected chi connectivity index (χ0v) is 14.2. The number of aryl methyl sites for hydroxylation is 1. The van der Waals surface area contributed by atoms with Crippen LogP contribution in [0, 0.1) is 13.8 Å². The van der Waals surface area contributed by atoms with Gasteiger partial charge in [-0.15, -0.1) is 11.3 Å². The van der Waals surface area contributed by atoms with E-state index >= 15 is 0 Å². The average molecular weight is 368 g/mol. The highest BCUT2D eigenvalue weighted by atomic mass is 79.9. The van der Waals surface area contributed by atoms with Crippen LogP contribution in [0.5, 0.6) is 0 Å². The molecule has 1 N–H and O–H groups in total. The Hall–Kier alpha value is -1.66. The Balaban J connectivity index is 2.31. The van der Waals surface area contributed by atoms with Crippen molar-refractivity contribution >= 4 is 44.1 Å². The van der Waals surface area contributed by atoms with Crippen LogP contribution >= 0.6 is 27.3 Å². The first-order chi connectivity index (χ1) is 9.93. The smallest absolute Gasteiger partial charge is 0.341 e. The van der Waals surface area contributed by atoms with Crippen molar-refractivity contribution in [3.05, 3.63) is 50.3 Å². The van der Waals surface area contributed by atoms with Gasteiger partial charge in [0.1, 0.15) is 5.00 Å². The molecule has 0 bridgehead atoms. The molecular weight excluding hydrogens is 354 g/mol. The minimum absolute atomic E-state index is 0.256. The Kier molecular flexibility index (Phi) is 4.80. The Bertz CT molecular complexity index is 692. The van der Waals surface area contributed by atoms with E-state index in [-0.39, 0.29) is 5.91 Å². The van der Waals surface area contributed by atoms with E-state index < -0.39 is 5.97 Å². The number of hydrogen-bond donors (Lipinski definition) is 1. The molecule has 0 unspecified atom stereocenters. The van der Waals surface area contributed by atoms with Crippen LogP contribution in [0.15, 0.2) is 28.7 Å². The highest BCUT2D eigenvalue weighted by Gasteiger charge is 2.21. The molecule has 0 aliphatic carbocycles. The first-order valence-electron chi connectivity index (χ1n) is 6.19. The fourth-order valence-electron chi connectivity index (χ4n) is 1.84. The zero-order valence-electron chi connectivity index (χ0n) is 11.8. The molecule has 4 nitrogen and oxygen atoms in total. The molecule has 0 spiro atoms. The maximum atomic E-state index is 12.2. The summed E-state index contributed by atoms with van der Waals surface area (Å²) in [5.41, 5.74) is 1.78. The van der Waals surface area contributed by atoms with Crippen molar-refractivity contribution in [1.82, 2.24) is 0 Å². The average Bonchev–Trinajstić information content (AvgIpc) is 2.73. The minimum atomic E-state index is -0.442. The van der Waals surface area contributed by atoms with Crippen molar-refractivity contribution in [3.8, 4) is 0 Å². The largest absolute Gasteiger partial charge is 0.465 e. The Morgan fingerprint density at radius 2 is 1.81 bits per heavy atom. The van der Waals surface area contributed by atoms with Gasteiger partial charge in [-0.3, -0.25) is 4.79 Å². The van der Waals surface area contributed by atoms with Gasteiger partial charge in [-0.05, 0) is 43.7 Å². The third-order valence-corrected chi connectivity index (χ3v) is 4.76. The molecule has 0 fully saturated rings. The van der Waals surface area contributed by atoms with Crippen LogP contribution in [-0.2, 0) is 4.74 Å². The predicted molar refractivity (Wildman–Crippen MR) is 87.2 cm³/mol. The number of nitrogens with one attached hydrogen (secondary N) is 1. The van der Waals surface area contributed by atoms with Gasteiger partial charge in [0.15, 0.2) is 0 Å². The molecule has 0 radical (unpaired) electrons. The normalized spacial score (nSPS) is 10.3. The molecule has 1 aromatic heterocycles. The molecule has 0 atom stereocenters. The lowest BCUT2D eigenvalue weighted by Crippen LogP contribution is -2.14. The van der Waals surface area contributed by atoms with Crippen LogP contribution in [0.3, 0.4) is 0 Å². The summed E-state index contributed by atoms with van der Waals surface area (Å²) in [4.78, 5) is 25.1. The van der Waals surface area contributed by atoms with Crippen LogP contribution in [0.25, 0.3) is 0 Å². The molecule has 1 aromatic carbocycles. The van der Waals surface area contributed by atoms with E-state index in [9.17, 15) is 9.59 Å². The first-order valence-corrected chi connectivity index (χ1v) is 7.80. The van der Waals surface area contributed by atoms with E-state index in [0.29, 0.717) is 16.1 Å². The van der Waals surface area contributed by atoms with Crippen molar-refractivity contribution in [2.45, 2.75) is 13.8 Å². The van der Waals surface area contributed by atoms with Gasteiger partial charge in [-0.25, -0.2) is 4.79 Å². The summed E-state index contributed by atoms with van der Waals surface area (Å²) in [5.74, 6) is -0.697. The highest BCUT2D eigenvalue weighted by Crippen LogP contribution is 2.33. The summed E-state index contributed by atoms with van der Waals surface area (Å²) < 4.78 is 5.68. The molecule has 1 heterocycles.